The van der Waals surface area contributed by atoms with E-state index in [-0.39, 0.29) is 17.7 Å². The summed E-state index contributed by atoms with van der Waals surface area (Å²) in [6.45, 7) is 6.56. The third-order valence-corrected chi connectivity index (χ3v) is 2.74. The highest BCUT2D eigenvalue weighted by Gasteiger charge is 2.33. The van der Waals surface area contributed by atoms with E-state index in [9.17, 15) is 13.2 Å². The van der Waals surface area contributed by atoms with Crippen LogP contribution in [-0.4, -0.2) is 19.3 Å². The van der Waals surface area contributed by atoms with Crippen LogP contribution < -0.4 is 5.32 Å². The molecule has 0 saturated heterocycles. The van der Waals surface area contributed by atoms with Gasteiger partial charge in [-0.1, -0.05) is 18.2 Å². The minimum Gasteiger partial charge on any atom is -0.377 e. The fourth-order valence-corrected chi connectivity index (χ4v) is 1.81. The molecule has 19 heavy (non-hydrogen) atoms. The van der Waals surface area contributed by atoms with E-state index in [1.807, 2.05) is 13.8 Å². The number of hydrogen-bond donors (Lipinski definition) is 1. The van der Waals surface area contributed by atoms with Crippen LogP contribution in [-0.2, 0) is 10.9 Å². The Bertz CT molecular complexity index is 391. The number of nitrogens with one attached hydrogen (secondary N) is 1. The maximum absolute atomic E-state index is 12.9. The smallest absolute Gasteiger partial charge is 0.377 e. The van der Waals surface area contributed by atoms with Gasteiger partial charge in [-0.05, 0) is 32.4 Å². The summed E-state index contributed by atoms with van der Waals surface area (Å²) < 4.78 is 43.9. The lowest BCUT2D eigenvalue weighted by Gasteiger charge is -2.19. The molecule has 0 radical (unpaired) electrons. The van der Waals surface area contributed by atoms with Gasteiger partial charge in [0, 0.05) is 12.6 Å². The molecule has 108 valence electrons. The van der Waals surface area contributed by atoms with Gasteiger partial charge >= 0.3 is 6.18 Å². The van der Waals surface area contributed by atoms with Gasteiger partial charge in [-0.25, -0.2) is 0 Å². The van der Waals surface area contributed by atoms with Gasteiger partial charge < -0.3 is 10.1 Å². The number of halogens is 3. The van der Waals surface area contributed by atoms with Crippen molar-refractivity contribution >= 4 is 0 Å². The molecule has 0 bridgehead atoms. The lowest BCUT2D eigenvalue weighted by atomic mass is 10.0. The lowest BCUT2D eigenvalue weighted by Crippen LogP contribution is -2.26. The quantitative estimate of drug-likeness (QED) is 0.798. The van der Waals surface area contributed by atoms with Crippen molar-refractivity contribution in [2.24, 2.45) is 0 Å². The van der Waals surface area contributed by atoms with E-state index in [1.54, 1.807) is 13.0 Å². The van der Waals surface area contributed by atoms with Crippen LogP contribution in [0.1, 0.15) is 37.9 Å². The molecule has 5 heteroatoms. The summed E-state index contributed by atoms with van der Waals surface area (Å²) in [5, 5.41) is 3.04. The Morgan fingerprint density at radius 2 is 1.79 bits per heavy atom. The molecule has 0 amide bonds. The fourth-order valence-electron chi connectivity index (χ4n) is 1.81. The van der Waals surface area contributed by atoms with Crippen LogP contribution in [0.25, 0.3) is 0 Å². The molecule has 0 spiro atoms. The van der Waals surface area contributed by atoms with Crippen molar-refractivity contribution in [3.05, 3.63) is 35.4 Å². The number of ether oxygens (including phenoxy) is 1. The Balaban J connectivity index is 2.64. The Labute approximate surface area is 112 Å². The van der Waals surface area contributed by atoms with Crippen molar-refractivity contribution in [2.45, 2.75) is 39.1 Å². The van der Waals surface area contributed by atoms with Crippen LogP contribution in [0.2, 0.25) is 0 Å². The first-order chi connectivity index (χ1) is 8.82. The van der Waals surface area contributed by atoms with Crippen LogP contribution >= 0.6 is 0 Å². The highest BCUT2D eigenvalue weighted by Crippen LogP contribution is 2.34. The van der Waals surface area contributed by atoms with Gasteiger partial charge in [-0.15, -0.1) is 0 Å². The summed E-state index contributed by atoms with van der Waals surface area (Å²) in [4.78, 5) is 0. The molecule has 0 heterocycles. The first-order valence-corrected chi connectivity index (χ1v) is 6.33. The van der Waals surface area contributed by atoms with Crippen molar-refractivity contribution < 1.29 is 17.9 Å². The molecule has 1 N–H and O–H groups in total. The van der Waals surface area contributed by atoms with Gasteiger partial charge in [0.2, 0.25) is 0 Å². The maximum atomic E-state index is 12.9. The molecule has 0 saturated carbocycles. The molecule has 0 aromatic heterocycles. The standard InChI is InChI=1S/C14H20F3NO/c1-10(2)19-9-8-18-11(3)12-6-4-5-7-13(12)14(15,16)17/h4-7,10-11,18H,8-9H2,1-3H3. The summed E-state index contributed by atoms with van der Waals surface area (Å²) in [7, 11) is 0. The zero-order chi connectivity index (χ0) is 14.5. The fraction of sp³-hybridized carbons (Fsp3) is 0.571. The summed E-state index contributed by atoms with van der Waals surface area (Å²) in [6, 6.07) is 5.27. The minimum absolute atomic E-state index is 0.125. The molecular formula is C14H20F3NO. The molecule has 0 aliphatic heterocycles. The molecule has 0 fully saturated rings. The molecule has 1 atom stereocenters. The topological polar surface area (TPSA) is 21.3 Å². The van der Waals surface area contributed by atoms with Gasteiger partial charge in [-0.3, -0.25) is 0 Å². The van der Waals surface area contributed by atoms with Crippen LogP contribution in [0.15, 0.2) is 24.3 Å². The number of rotatable bonds is 6. The Hall–Kier alpha value is -1.07. The highest BCUT2D eigenvalue weighted by molar-refractivity contribution is 5.31. The maximum Gasteiger partial charge on any atom is 0.416 e. The average Bonchev–Trinajstić information content (AvgIpc) is 2.33. The van der Waals surface area contributed by atoms with E-state index in [0.29, 0.717) is 13.2 Å². The zero-order valence-corrected chi connectivity index (χ0v) is 11.4. The Morgan fingerprint density at radius 1 is 1.16 bits per heavy atom. The monoisotopic (exact) mass is 275 g/mol. The van der Waals surface area contributed by atoms with Crippen LogP contribution in [0.5, 0.6) is 0 Å². The predicted molar refractivity (Wildman–Crippen MR) is 68.9 cm³/mol. The second-order valence-corrected chi connectivity index (χ2v) is 4.68. The highest BCUT2D eigenvalue weighted by atomic mass is 19.4. The first kappa shape index (κ1) is 16.0. The summed E-state index contributed by atoms with van der Waals surface area (Å²) in [5.74, 6) is 0. The molecular weight excluding hydrogens is 255 g/mol. The van der Waals surface area contributed by atoms with Gasteiger partial charge in [0.1, 0.15) is 0 Å². The average molecular weight is 275 g/mol. The molecule has 0 aliphatic rings. The second kappa shape index (κ2) is 6.91. The third kappa shape index (κ3) is 5.20. The summed E-state index contributed by atoms with van der Waals surface area (Å²) >= 11 is 0. The molecule has 2 nitrogen and oxygen atoms in total. The number of hydrogen-bond acceptors (Lipinski definition) is 2. The molecule has 1 aromatic carbocycles. The van der Waals surface area contributed by atoms with Gasteiger partial charge in [0.15, 0.2) is 0 Å². The second-order valence-electron chi connectivity index (χ2n) is 4.68. The third-order valence-electron chi connectivity index (χ3n) is 2.74. The number of benzene rings is 1. The van der Waals surface area contributed by atoms with Crippen molar-refractivity contribution in [1.82, 2.24) is 5.32 Å². The molecule has 1 rings (SSSR count). The minimum atomic E-state index is -4.32. The Kier molecular flexibility index (Phi) is 5.82. The Morgan fingerprint density at radius 3 is 2.37 bits per heavy atom. The van der Waals surface area contributed by atoms with Crippen LogP contribution in [0, 0.1) is 0 Å². The van der Waals surface area contributed by atoms with Crippen molar-refractivity contribution in [3.63, 3.8) is 0 Å². The van der Waals surface area contributed by atoms with E-state index in [2.05, 4.69) is 5.32 Å². The van der Waals surface area contributed by atoms with E-state index in [1.165, 1.54) is 12.1 Å². The van der Waals surface area contributed by atoms with E-state index < -0.39 is 11.7 Å². The van der Waals surface area contributed by atoms with Crippen molar-refractivity contribution in [1.29, 1.82) is 0 Å². The lowest BCUT2D eigenvalue weighted by molar-refractivity contribution is -0.138. The summed E-state index contributed by atoms with van der Waals surface area (Å²) in [6.07, 6.45) is -4.19. The van der Waals surface area contributed by atoms with Crippen LogP contribution in [0.3, 0.4) is 0 Å². The predicted octanol–water partition coefficient (Wildman–Crippen LogP) is 3.78. The van der Waals surface area contributed by atoms with E-state index in [4.69, 9.17) is 4.74 Å². The normalized spacial score (nSPS) is 13.8. The largest absolute Gasteiger partial charge is 0.416 e. The molecule has 1 unspecified atom stereocenters. The van der Waals surface area contributed by atoms with E-state index >= 15 is 0 Å². The van der Waals surface area contributed by atoms with Crippen molar-refractivity contribution in [3.8, 4) is 0 Å². The number of alkyl halides is 3. The first-order valence-electron chi connectivity index (χ1n) is 6.33. The SMILES string of the molecule is CC(C)OCCNC(C)c1ccccc1C(F)(F)F. The van der Waals surface area contributed by atoms with Gasteiger partial charge in [0.25, 0.3) is 0 Å². The van der Waals surface area contributed by atoms with Gasteiger partial charge in [0.05, 0.1) is 18.3 Å². The molecule has 0 aliphatic carbocycles. The zero-order valence-electron chi connectivity index (χ0n) is 11.4. The van der Waals surface area contributed by atoms with Gasteiger partial charge in [-0.2, -0.15) is 13.2 Å². The summed E-state index contributed by atoms with van der Waals surface area (Å²) in [5.41, 5.74) is -0.320. The van der Waals surface area contributed by atoms with Crippen LogP contribution in [0.4, 0.5) is 13.2 Å². The van der Waals surface area contributed by atoms with E-state index in [0.717, 1.165) is 6.07 Å². The van der Waals surface area contributed by atoms with Crippen molar-refractivity contribution in [2.75, 3.05) is 13.2 Å². The molecule has 1 aromatic rings.